The fourth-order valence-electron chi connectivity index (χ4n) is 3.51. The van der Waals surface area contributed by atoms with Crippen molar-refractivity contribution in [3.05, 3.63) is 83.8 Å². The smallest absolute Gasteiger partial charge is 0.255 e. The van der Waals surface area contributed by atoms with Crippen molar-refractivity contribution in [2.75, 3.05) is 20.8 Å². The molecule has 4 rings (SSSR count). The first-order chi connectivity index (χ1) is 13.7. The van der Waals surface area contributed by atoms with E-state index in [2.05, 4.69) is 0 Å². The van der Waals surface area contributed by atoms with Gasteiger partial charge in [0.15, 0.2) is 11.5 Å². The molecule has 1 aliphatic rings. The van der Waals surface area contributed by atoms with Gasteiger partial charge in [0.2, 0.25) is 0 Å². The molecule has 0 N–H and O–H groups in total. The van der Waals surface area contributed by atoms with E-state index in [4.69, 9.17) is 13.9 Å². The Bertz CT molecular complexity index is 1010. The van der Waals surface area contributed by atoms with Gasteiger partial charge in [-0.3, -0.25) is 4.79 Å². The summed E-state index contributed by atoms with van der Waals surface area (Å²) in [6, 6.07) is 19.2. The van der Waals surface area contributed by atoms with Crippen LogP contribution in [0, 0.1) is 0 Å². The van der Waals surface area contributed by atoms with Gasteiger partial charge in [-0.05, 0) is 35.4 Å². The molecule has 0 saturated heterocycles. The largest absolute Gasteiger partial charge is 0.493 e. The lowest BCUT2D eigenvalue weighted by Gasteiger charge is -2.18. The van der Waals surface area contributed by atoms with Crippen LogP contribution >= 0.6 is 0 Å². The zero-order valence-electron chi connectivity index (χ0n) is 15.8. The SMILES string of the molecule is COc1ccc(CN2CC(c3ccco3)=C(c3ccccc3)C2=O)cc1OC. The van der Waals surface area contributed by atoms with Crippen molar-refractivity contribution in [3.63, 3.8) is 0 Å². The van der Waals surface area contributed by atoms with E-state index in [0.717, 1.165) is 22.5 Å². The molecule has 0 bridgehead atoms. The minimum absolute atomic E-state index is 0.00705. The summed E-state index contributed by atoms with van der Waals surface area (Å²) in [6.07, 6.45) is 1.63. The van der Waals surface area contributed by atoms with Gasteiger partial charge in [-0.15, -0.1) is 0 Å². The van der Waals surface area contributed by atoms with Crippen LogP contribution in [0.5, 0.6) is 11.5 Å². The summed E-state index contributed by atoms with van der Waals surface area (Å²) in [4.78, 5) is 15.1. The summed E-state index contributed by atoms with van der Waals surface area (Å²) in [5, 5.41) is 0. The van der Waals surface area contributed by atoms with Crippen LogP contribution in [-0.2, 0) is 11.3 Å². The highest BCUT2D eigenvalue weighted by atomic mass is 16.5. The maximum Gasteiger partial charge on any atom is 0.255 e. The third-order valence-electron chi connectivity index (χ3n) is 4.85. The van der Waals surface area contributed by atoms with Crippen molar-refractivity contribution in [1.29, 1.82) is 0 Å². The lowest BCUT2D eigenvalue weighted by molar-refractivity contribution is -0.124. The van der Waals surface area contributed by atoms with Crippen LogP contribution in [0.15, 0.2) is 71.3 Å². The number of carbonyl (C=O) groups excluding carboxylic acids is 1. The van der Waals surface area contributed by atoms with Gasteiger partial charge >= 0.3 is 0 Å². The molecule has 1 aromatic heterocycles. The summed E-state index contributed by atoms with van der Waals surface area (Å²) in [7, 11) is 3.21. The highest BCUT2D eigenvalue weighted by molar-refractivity contribution is 6.29. The molecular formula is C23H21NO4. The fourth-order valence-corrected chi connectivity index (χ4v) is 3.51. The van der Waals surface area contributed by atoms with Crippen molar-refractivity contribution in [1.82, 2.24) is 4.90 Å². The van der Waals surface area contributed by atoms with Crippen LogP contribution in [0.2, 0.25) is 0 Å². The second kappa shape index (κ2) is 7.64. The van der Waals surface area contributed by atoms with Crippen molar-refractivity contribution in [3.8, 4) is 11.5 Å². The second-order valence-corrected chi connectivity index (χ2v) is 6.55. The summed E-state index contributed by atoms with van der Waals surface area (Å²) in [6.45, 7) is 0.963. The third-order valence-corrected chi connectivity index (χ3v) is 4.85. The lowest BCUT2D eigenvalue weighted by Crippen LogP contribution is -2.26. The molecule has 2 heterocycles. The van der Waals surface area contributed by atoms with Gasteiger partial charge in [-0.2, -0.15) is 0 Å². The van der Waals surface area contributed by atoms with E-state index in [9.17, 15) is 4.79 Å². The lowest BCUT2D eigenvalue weighted by atomic mass is 10.0. The van der Waals surface area contributed by atoms with Crippen molar-refractivity contribution in [2.24, 2.45) is 0 Å². The molecule has 3 aromatic rings. The molecule has 0 fully saturated rings. The van der Waals surface area contributed by atoms with E-state index in [0.29, 0.717) is 30.2 Å². The molecule has 0 saturated carbocycles. The maximum absolute atomic E-state index is 13.3. The molecule has 0 radical (unpaired) electrons. The van der Waals surface area contributed by atoms with Gasteiger partial charge < -0.3 is 18.8 Å². The number of hydrogen-bond donors (Lipinski definition) is 0. The fraction of sp³-hybridized carbons (Fsp3) is 0.174. The quantitative estimate of drug-likeness (QED) is 0.646. The zero-order valence-corrected chi connectivity index (χ0v) is 15.8. The van der Waals surface area contributed by atoms with Crippen LogP contribution in [0.25, 0.3) is 11.1 Å². The first kappa shape index (κ1) is 17.9. The first-order valence-corrected chi connectivity index (χ1v) is 9.04. The Balaban J connectivity index is 1.66. The average molecular weight is 375 g/mol. The van der Waals surface area contributed by atoms with E-state index in [1.165, 1.54) is 0 Å². The molecule has 1 aliphatic heterocycles. The number of nitrogens with zero attached hydrogens (tertiary/aromatic N) is 1. The topological polar surface area (TPSA) is 51.9 Å². The maximum atomic E-state index is 13.3. The first-order valence-electron chi connectivity index (χ1n) is 9.04. The van der Waals surface area contributed by atoms with E-state index in [-0.39, 0.29) is 5.91 Å². The monoisotopic (exact) mass is 375 g/mol. The van der Waals surface area contributed by atoms with Crippen LogP contribution in [0.3, 0.4) is 0 Å². The van der Waals surface area contributed by atoms with Crippen LogP contribution in [0.4, 0.5) is 0 Å². The Hall–Kier alpha value is -3.47. The summed E-state index contributed by atoms with van der Waals surface area (Å²) < 4.78 is 16.3. The Morgan fingerprint density at radius 1 is 0.964 bits per heavy atom. The molecule has 0 atom stereocenters. The van der Waals surface area contributed by atoms with Gasteiger partial charge in [0.25, 0.3) is 5.91 Å². The Kier molecular flexibility index (Phi) is 4.89. The highest BCUT2D eigenvalue weighted by Crippen LogP contribution is 2.36. The molecule has 28 heavy (non-hydrogen) atoms. The molecule has 142 valence electrons. The molecular weight excluding hydrogens is 354 g/mol. The number of furan rings is 1. The summed E-state index contributed by atoms with van der Waals surface area (Å²) in [5.41, 5.74) is 3.46. The van der Waals surface area contributed by atoms with Gasteiger partial charge in [-0.25, -0.2) is 0 Å². The van der Waals surface area contributed by atoms with Gasteiger partial charge in [0.05, 0.1) is 32.6 Å². The predicted octanol–water partition coefficient (Wildman–Crippen LogP) is 4.25. The summed E-state index contributed by atoms with van der Waals surface area (Å²) in [5.74, 6) is 2.03. The Morgan fingerprint density at radius 2 is 1.75 bits per heavy atom. The molecule has 5 heteroatoms. The predicted molar refractivity (Wildman–Crippen MR) is 107 cm³/mol. The van der Waals surface area contributed by atoms with E-state index < -0.39 is 0 Å². The molecule has 2 aromatic carbocycles. The minimum atomic E-state index is -0.00705. The number of ether oxygens (including phenoxy) is 2. The standard InChI is InChI=1S/C23H21NO4/c1-26-20-11-10-16(13-21(20)27-2)14-24-15-18(19-9-6-12-28-19)22(23(24)25)17-7-4-3-5-8-17/h3-13H,14-15H2,1-2H3. The number of benzene rings is 2. The molecule has 1 amide bonds. The Morgan fingerprint density at radius 3 is 2.43 bits per heavy atom. The van der Waals surface area contributed by atoms with E-state index in [1.54, 1.807) is 20.5 Å². The second-order valence-electron chi connectivity index (χ2n) is 6.55. The van der Waals surface area contributed by atoms with Gasteiger partial charge in [-0.1, -0.05) is 36.4 Å². The molecule has 0 spiro atoms. The number of carbonyl (C=O) groups is 1. The average Bonchev–Trinajstić information content (AvgIpc) is 3.37. The van der Waals surface area contributed by atoms with Crippen LogP contribution in [-0.4, -0.2) is 31.6 Å². The van der Waals surface area contributed by atoms with Crippen molar-refractivity contribution >= 4 is 17.1 Å². The highest BCUT2D eigenvalue weighted by Gasteiger charge is 2.33. The van der Waals surface area contributed by atoms with Crippen molar-refractivity contribution in [2.45, 2.75) is 6.54 Å². The normalized spacial score (nSPS) is 13.9. The zero-order chi connectivity index (χ0) is 19.5. The molecule has 5 nitrogen and oxygen atoms in total. The third kappa shape index (κ3) is 3.27. The van der Waals surface area contributed by atoms with E-state index >= 15 is 0 Å². The number of amides is 1. The van der Waals surface area contributed by atoms with Gasteiger partial charge in [0.1, 0.15) is 5.76 Å². The molecule has 0 aliphatic carbocycles. The number of methoxy groups -OCH3 is 2. The number of rotatable bonds is 6. The Labute approximate surface area is 163 Å². The van der Waals surface area contributed by atoms with Gasteiger partial charge in [0, 0.05) is 12.1 Å². The van der Waals surface area contributed by atoms with Crippen LogP contribution < -0.4 is 9.47 Å². The minimum Gasteiger partial charge on any atom is -0.493 e. The molecule has 0 unspecified atom stereocenters. The van der Waals surface area contributed by atoms with Crippen molar-refractivity contribution < 1.29 is 18.7 Å². The summed E-state index contributed by atoms with van der Waals surface area (Å²) >= 11 is 0. The van der Waals surface area contributed by atoms with E-state index in [1.807, 2.05) is 65.6 Å². The van der Waals surface area contributed by atoms with Crippen LogP contribution in [0.1, 0.15) is 16.9 Å². The number of hydrogen-bond acceptors (Lipinski definition) is 4.